The highest BCUT2D eigenvalue weighted by atomic mass is 19.1. The van der Waals surface area contributed by atoms with Crippen LogP contribution < -0.4 is 4.74 Å². The Bertz CT molecular complexity index is 566. The summed E-state index contributed by atoms with van der Waals surface area (Å²) in [5, 5.41) is 10.3. The predicted molar refractivity (Wildman–Crippen MR) is 72.8 cm³/mol. The van der Waals surface area contributed by atoms with E-state index in [1.165, 1.54) is 12.1 Å². The zero-order valence-electron chi connectivity index (χ0n) is 11.1. The second-order valence-corrected chi connectivity index (χ2v) is 4.60. The van der Waals surface area contributed by atoms with Gasteiger partial charge in [0.1, 0.15) is 11.6 Å². The van der Waals surface area contributed by atoms with Crippen molar-refractivity contribution in [2.24, 2.45) is 0 Å². The van der Waals surface area contributed by atoms with Gasteiger partial charge in [-0.15, -0.1) is 0 Å². The summed E-state index contributed by atoms with van der Waals surface area (Å²) in [6.07, 6.45) is -0.353. The number of benzene rings is 2. The molecular formula is C16H17FO2. The maximum Gasteiger partial charge on any atom is 0.124 e. The Balaban J connectivity index is 2.24. The van der Waals surface area contributed by atoms with Gasteiger partial charge in [0.2, 0.25) is 0 Å². The van der Waals surface area contributed by atoms with Crippen LogP contribution in [0.15, 0.2) is 42.5 Å². The first kappa shape index (κ1) is 13.6. The maximum absolute atomic E-state index is 13.1. The average Bonchev–Trinajstić information content (AvgIpc) is 2.38. The van der Waals surface area contributed by atoms with E-state index in [-0.39, 0.29) is 5.82 Å². The van der Waals surface area contributed by atoms with Crippen LogP contribution in [0.2, 0.25) is 0 Å². The Morgan fingerprint density at radius 3 is 2.68 bits per heavy atom. The molecule has 0 spiro atoms. The Hall–Kier alpha value is -1.87. The summed E-state index contributed by atoms with van der Waals surface area (Å²) in [4.78, 5) is 0. The molecule has 2 aromatic rings. The fourth-order valence-electron chi connectivity index (χ4n) is 2.11. The van der Waals surface area contributed by atoms with Crippen molar-refractivity contribution in [1.82, 2.24) is 0 Å². The van der Waals surface area contributed by atoms with Crippen molar-refractivity contribution in [3.8, 4) is 5.75 Å². The monoisotopic (exact) mass is 260 g/mol. The molecule has 19 heavy (non-hydrogen) atoms. The van der Waals surface area contributed by atoms with Gasteiger partial charge in [-0.1, -0.05) is 23.8 Å². The second-order valence-electron chi connectivity index (χ2n) is 4.60. The summed E-state index contributed by atoms with van der Waals surface area (Å²) in [7, 11) is 1.57. The molecule has 0 saturated heterocycles. The molecule has 0 bridgehead atoms. The number of halogens is 1. The van der Waals surface area contributed by atoms with Gasteiger partial charge in [-0.25, -0.2) is 4.39 Å². The Morgan fingerprint density at radius 2 is 2.00 bits per heavy atom. The number of aliphatic hydroxyl groups is 1. The number of rotatable bonds is 4. The highest BCUT2D eigenvalue weighted by Crippen LogP contribution is 2.28. The van der Waals surface area contributed by atoms with E-state index >= 15 is 0 Å². The van der Waals surface area contributed by atoms with Crippen molar-refractivity contribution >= 4 is 0 Å². The van der Waals surface area contributed by atoms with E-state index < -0.39 is 6.10 Å². The van der Waals surface area contributed by atoms with Gasteiger partial charge in [0.05, 0.1) is 13.2 Å². The topological polar surface area (TPSA) is 29.5 Å². The lowest BCUT2D eigenvalue weighted by atomic mass is 9.99. The summed E-state index contributed by atoms with van der Waals surface area (Å²) >= 11 is 0. The molecule has 0 heterocycles. The highest BCUT2D eigenvalue weighted by Gasteiger charge is 2.14. The van der Waals surface area contributed by atoms with Crippen LogP contribution in [-0.2, 0) is 6.42 Å². The third-order valence-corrected chi connectivity index (χ3v) is 3.06. The molecule has 0 aliphatic heterocycles. The third-order valence-electron chi connectivity index (χ3n) is 3.06. The van der Waals surface area contributed by atoms with E-state index in [2.05, 4.69) is 0 Å². The number of aliphatic hydroxyl groups excluding tert-OH is 1. The smallest absolute Gasteiger partial charge is 0.124 e. The number of hydrogen-bond donors (Lipinski definition) is 1. The first-order valence-corrected chi connectivity index (χ1v) is 6.17. The Labute approximate surface area is 112 Å². The summed E-state index contributed by atoms with van der Waals surface area (Å²) in [5.74, 6) is 0.357. The number of aryl methyl sites for hydroxylation is 1. The minimum atomic E-state index is -0.711. The molecule has 2 aromatic carbocycles. The van der Waals surface area contributed by atoms with Crippen molar-refractivity contribution in [3.05, 3.63) is 65.0 Å². The van der Waals surface area contributed by atoms with Gasteiger partial charge in [0.25, 0.3) is 0 Å². The second kappa shape index (κ2) is 5.85. The Kier molecular flexibility index (Phi) is 4.17. The van der Waals surface area contributed by atoms with Crippen LogP contribution in [0, 0.1) is 12.7 Å². The van der Waals surface area contributed by atoms with E-state index in [9.17, 15) is 9.50 Å². The van der Waals surface area contributed by atoms with Gasteiger partial charge in [0, 0.05) is 12.0 Å². The van der Waals surface area contributed by atoms with Crippen LogP contribution in [0.25, 0.3) is 0 Å². The quantitative estimate of drug-likeness (QED) is 0.912. The molecule has 0 saturated carbocycles. The van der Waals surface area contributed by atoms with Crippen molar-refractivity contribution in [2.75, 3.05) is 7.11 Å². The van der Waals surface area contributed by atoms with Crippen molar-refractivity contribution < 1.29 is 14.2 Å². The highest BCUT2D eigenvalue weighted by molar-refractivity contribution is 5.39. The number of hydrogen-bond acceptors (Lipinski definition) is 2. The lowest BCUT2D eigenvalue weighted by molar-refractivity contribution is 0.174. The summed E-state index contributed by atoms with van der Waals surface area (Å²) in [5.41, 5.74) is 2.54. The molecule has 0 radical (unpaired) electrons. The average molecular weight is 260 g/mol. The zero-order chi connectivity index (χ0) is 13.8. The number of methoxy groups -OCH3 is 1. The minimum absolute atomic E-state index is 0.291. The third kappa shape index (κ3) is 3.32. The standard InChI is InChI=1S/C16H17FO2/c1-11-6-7-16(19-2)14(8-11)15(18)10-12-4-3-5-13(17)9-12/h3-9,15,18H,10H2,1-2H3. The first-order chi connectivity index (χ1) is 9.10. The van der Waals surface area contributed by atoms with Gasteiger partial charge in [-0.3, -0.25) is 0 Å². The molecule has 0 amide bonds. The Morgan fingerprint density at radius 1 is 1.21 bits per heavy atom. The molecule has 1 atom stereocenters. The normalized spacial score (nSPS) is 12.2. The first-order valence-electron chi connectivity index (χ1n) is 6.17. The molecule has 0 aliphatic carbocycles. The molecule has 0 aliphatic rings. The SMILES string of the molecule is COc1ccc(C)cc1C(O)Cc1cccc(F)c1. The predicted octanol–water partition coefficient (Wildman–Crippen LogP) is 3.42. The van der Waals surface area contributed by atoms with Crippen LogP contribution in [-0.4, -0.2) is 12.2 Å². The fraction of sp³-hybridized carbons (Fsp3) is 0.250. The largest absolute Gasteiger partial charge is 0.496 e. The van der Waals surface area contributed by atoms with Crippen LogP contribution in [0.4, 0.5) is 4.39 Å². The van der Waals surface area contributed by atoms with Gasteiger partial charge in [-0.2, -0.15) is 0 Å². The molecular weight excluding hydrogens is 243 g/mol. The summed E-state index contributed by atoms with van der Waals surface area (Å²) in [6, 6.07) is 11.9. The van der Waals surface area contributed by atoms with Gasteiger partial charge in [-0.05, 0) is 36.8 Å². The lowest BCUT2D eigenvalue weighted by Gasteiger charge is -2.15. The molecule has 3 heteroatoms. The van der Waals surface area contributed by atoms with Crippen molar-refractivity contribution in [2.45, 2.75) is 19.4 Å². The van der Waals surface area contributed by atoms with Gasteiger partial charge >= 0.3 is 0 Å². The molecule has 2 nitrogen and oxygen atoms in total. The van der Waals surface area contributed by atoms with Crippen molar-refractivity contribution in [1.29, 1.82) is 0 Å². The molecule has 0 aromatic heterocycles. The molecule has 1 unspecified atom stereocenters. The van der Waals surface area contributed by atoms with Crippen LogP contribution in [0.3, 0.4) is 0 Å². The van der Waals surface area contributed by atoms with Gasteiger partial charge in [0.15, 0.2) is 0 Å². The minimum Gasteiger partial charge on any atom is -0.496 e. The lowest BCUT2D eigenvalue weighted by Crippen LogP contribution is -2.04. The molecule has 1 N–H and O–H groups in total. The van der Waals surface area contributed by atoms with E-state index in [0.717, 1.165) is 16.7 Å². The van der Waals surface area contributed by atoms with Gasteiger partial charge < -0.3 is 9.84 Å². The maximum atomic E-state index is 13.1. The van der Waals surface area contributed by atoms with Crippen LogP contribution in [0.5, 0.6) is 5.75 Å². The molecule has 100 valence electrons. The summed E-state index contributed by atoms with van der Waals surface area (Å²) < 4.78 is 18.4. The van der Waals surface area contributed by atoms with E-state index in [0.29, 0.717) is 12.2 Å². The van der Waals surface area contributed by atoms with Crippen LogP contribution in [0.1, 0.15) is 22.8 Å². The summed E-state index contributed by atoms with van der Waals surface area (Å²) in [6.45, 7) is 1.96. The van der Waals surface area contributed by atoms with E-state index in [1.807, 2.05) is 25.1 Å². The van der Waals surface area contributed by atoms with Crippen LogP contribution >= 0.6 is 0 Å². The fourth-order valence-corrected chi connectivity index (χ4v) is 2.11. The van der Waals surface area contributed by atoms with E-state index in [4.69, 9.17) is 4.74 Å². The molecule has 2 rings (SSSR count). The molecule has 0 fully saturated rings. The number of ether oxygens (including phenoxy) is 1. The van der Waals surface area contributed by atoms with E-state index in [1.54, 1.807) is 19.2 Å². The van der Waals surface area contributed by atoms with Crippen molar-refractivity contribution in [3.63, 3.8) is 0 Å². The zero-order valence-corrected chi connectivity index (χ0v) is 11.1.